The lowest BCUT2D eigenvalue weighted by molar-refractivity contribution is -0.112. The number of methoxy groups -OCH3 is 1. The third-order valence-electron chi connectivity index (χ3n) is 7.66. The van der Waals surface area contributed by atoms with Crippen molar-refractivity contribution in [2.45, 2.75) is 76.9 Å². The van der Waals surface area contributed by atoms with Crippen LogP contribution in [0.2, 0.25) is 5.15 Å². The molecule has 9 heteroatoms. The third kappa shape index (κ3) is 4.33. The summed E-state index contributed by atoms with van der Waals surface area (Å²) >= 11 is 6.05. The molecule has 35 heavy (non-hydrogen) atoms. The largest absolute Gasteiger partial charge is 0.452 e. The molecule has 2 aliphatic rings. The number of fused-ring (bicyclic) bond motifs is 3. The highest BCUT2D eigenvalue weighted by Crippen LogP contribution is 2.41. The van der Waals surface area contributed by atoms with E-state index in [2.05, 4.69) is 29.6 Å². The van der Waals surface area contributed by atoms with Crippen molar-refractivity contribution in [1.82, 2.24) is 19.3 Å². The SMILES string of the molecule is COC(=O)N1c2ccc3c(nc(C(C)Cn4ccc(Cl)n4)n3C3CCC(C=O)CC3)c2CCC1C. The topological polar surface area (TPSA) is 82.2 Å². The Kier molecular flexibility index (Phi) is 6.57. The van der Waals surface area contributed by atoms with Crippen molar-refractivity contribution in [2.24, 2.45) is 5.92 Å². The molecule has 3 heterocycles. The van der Waals surface area contributed by atoms with Crippen LogP contribution in [0.25, 0.3) is 11.0 Å². The van der Waals surface area contributed by atoms with Gasteiger partial charge >= 0.3 is 6.09 Å². The molecule has 0 spiro atoms. The van der Waals surface area contributed by atoms with Crippen LogP contribution in [0.3, 0.4) is 0 Å². The van der Waals surface area contributed by atoms with Crippen LogP contribution in [0.5, 0.6) is 0 Å². The first-order chi connectivity index (χ1) is 16.9. The van der Waals surface area contributed by atoms with E-state index in [0.29, 0.717) is 11.7 Å². The molecule has 0 radical (unpaired) electrons. The lowest BCUT2D eigenvalue weighted by Gasteiger charge is -2.34. The number of amides is 1. The molecule has 2 unspecified atom stereocenters. The number of nitrogens with zero attached hydrogens (tertiary/aromatic N) is 5. The van der Waals surface area contributed by atoms with E-state index in [4.69, 9.17) is 21.3 Å². The summed E-state index contributed by atoms with van der Waals surface area (Å²) in [5, 5.41) is 4.83. The fourth-order valence-corrected chi connectivity index (χ4v) is 5.97. The minimum absolute atomic E-state index is 0.0658. The summed E-state index contributed by atoms with van der Waals surface area (Å²) in [6.45, 7) is 4.88. The number of halogens is 1. The Labute approximate surface area is 210 Å². The van der Waals surface area contributed by atoms with Crippen LogP contribution in [0.1, 0.15) is 69.3 Å². The Morgan fingerprint density at radius 1 is 1.23 bits per heavy atom. The maximum atomic E-state index is 12.6. The first-order valence-corrected chi connectivity index (χ1v) is 12.8. The first kappa shape index (κ1) is 23.9. The number of carbonyl (C=O) groups excluding carboxylic acids is 2. The molecule has 0 bridgehead atoms. The van der Waals surface area contributed by atoms with E-state index < -0.39 is 0 Å². The Morgan fingerprint density at radius 3 is 2.66 bits per heavy atom. The minimum Gasteiger partial charge on any atom is -0.452 e. The molecule has 1 fully saturated rings. The number of benzene rings is 1. The van der Waals surface area contributed by atoms with Crippen LogP contribution < -0.4 is 4.90 Å². The predicted octanol–water partition coefficient (Wildman–Crippen LogP) is 5.53. The van der Waals surface area contributed by atoms with Gasteiger partial charge in [0.2, 0.25) is 0 Å². The fraction of sp³-hybridized carbons (Fsp3) is 0.538. The Bertz CT molecular complexity index is 1240. The number of imidazole rings is 1. The van der Waals surface area contributed by atoms with Gasteiger partial charge in [-0.05, 0) is 63.6 Å². The highest BCUT2D eigenvalue weighted by Gasteiger charge is 2.33. The molecule has 0 N–H and O–H groups in total. The van der Waals surface area contributed by atoms with E-state index in [1.807, 2.05) is 16.9 Å². The number of anilines is 1. The molecule has 5 rings (SSSR count). The van der Waals surface area contributed by atoms with E-state index in [1.54, 1.807) is 11.0 Å². The number of carbonyl (C=O) groups is 2. The summed E-state index contributed by atoms with van der Waals surface area (Å²) < 4.78 is 9.35. The van der Waals surface area contributed by atoms with Crippen molar-refractivity contribution in [1.29, 1.82) is 0 Å². The second-order valence-corrected chi connectivity index (χ2v) is 10.4. The van der Waals surface area contributed by atoms with E-state index in [0.717, 1.165) is 72.9 Å². The van der Waals surface area contributed by atoms with E-state index >= 15 is 0 Å². The predicted molar refractivity (Wildman–Crippen MR) is 135 cm³/mol. The molecule has 2 aromatic heterocycles. The zero-order chi connectivity index (χ0) is 24.7. The minimum atomic E-state index is -0.339. The van der Waals surface area contributed by atoms with Gasteiger partial charge in [0, 0.05) is 35.7 Å². The van der Waals surface area contributed by atoms with Gasteiger partial charge in [-0.25, -0.2) is 9.78 Å². The van der Waals surface area contributed by atoms with E-state index in [1.165, 1.54) is 7.11 Å². The maximum Gasteiger partial charge on any atom is 0.414 e. The molecule has 1 amide bonds. The third-order valence-corrected chi connectivity index (χ3v) is 7.86. The Morgan fingerprint density at radius 2 is 2.00 bits per heavy atom. The van der Waals surface area contributed by atoms with Crippen molar-refractivity contribution in [3.05, 3.63) is 40.9 Å². The molecule has 2 atom stereocenters. The number of ether oxygens (including phenoxy) is 1. The standard InChI is InChI=1S/C26H32ClN5O3/c1-16(14-30-13-12-23(27)29-30)25-28-24-20-9-4-17(2)31(26(34)35-3)21(20)10-11-22(24)32(25)19-7-5-18(15-33)6-8-19/h10-13,15-19H,4-9,14H2,1-3H3. The lowest BCUT2D eigenvalue weighted by Crippen LogP contribution is -2.42. The zero-order valence-electron chi connectivity index (χ0n) is 20.5. The van der Waals surface area contributed by atoms with Gasteiger partial charge in [-0.2, -0.15) is 5.10 Å². The number of rotatable bonds is 5. The zero-order valence-corrected chi connectivity index (χ0v) is 21.2. The van der Waals surface area contributed by atoms with E-state index in [-0.39, 0.29) is 30.0 Å². The maximum absolute atomic E-state index is 12.6. The van der Waals surface area contributed by atoms with Crippen molar-refractivity contribution in [3.8, 4) is 0 Å². The van der Waals surface area contributed by atoms with Crippen molar-refractivity contribution >= 4 is 40.7 Å². The van der Waals surface area contributed by atoms with Crippen molar-refractivity contribution in [2.75, 3.05) is 12.0 Å². The van der Waals surface area contributed by atoms with Gasteiger partial charge in [-0.3, -0.25) is 9.58 Å². The molecule has 3 aromatic rings. The fourth-order valence-electron chi connectivity index (χ4n) is 5.82. The summed E-state index contributed by atoms with van der Waals surface area (Å²) in [4.78, 5) is 30.9. The second kappa shape index (κ2) is 9.64. The first-order valence-electron chi connectivity index (χ1n) is 12.5. The quantitative estimate of drug-likeness (QED) is 0.433. The molecular weight excluding hydrogens is 466 g/mol. The Balaban J connectivity index is 1.61. The van der Waals surface area contributed by atoms with Crippen LogP contribution in [-0.4, -0.2) is 44.9 Å². The highest BCUT2D eigenvalue weighted by atomic mass is 35.5. The number of hydrogen-bond donors (Lipinski definition) is 0. The van der Waals surface area contributed by atoms with Crippen LogP contribution in [0.15, 0.2) is 24.4 Å². The monoisotopic (exact) mass is 497 g/mol. The normalized spacial score (nSPS) is 23.2. The van der Waals surface area contributed by atoms with Gasteiger partial charge in [0.25, 0.3) is 0 Å². The number of aromatic nitrogens is 4. The molecule has 8 nitrogen and oxygen atoms in total. The lowest BCUT2D eigenvalue weighted by atomic mass is 9.86. The van der Waals surface area contributed by atoms with Gasteiger partial charge < -0.3 is 14.1 Å². The molecular formula is C26H32ClN5O3. The highest BCUT2D eigenvalue weighted by molar-refractivity contribution is 6.29. The molecule has 1 aromatic carbocycles. The van der Waals surface area contributed by atoms with E-state index in [9.17, 15) is 9.59 Å². The molecule has 0 saturated heterocycles. The van der Waals surface area contributed by atoms with Crippen LogP contribution >= 0.6 is 11.6 Å². The summed E-state index contributed by atoms with van der Waals surface area (Å²) in [6, 6.07) is 6.28. The van der Waals surface area contributed by atoms with Gasteiger partial charge in [0.05, 0.1) is 30.4 Å². The second-order valence-electron chi connectivity index (χ2n) is 9.96. The smallest absolute Gasteiger partial charge is 0.414 e. The van der Waals surface area contributed by atoms with Crippen LogP contribution in [-0.2, 0) is 22.5 Å². The summed E-state index contributed by atoms with van der Waals surface area (Å²) in [5.74, 6) is 1.26. The average Bonchev–Trinajstić information content (AvgIpc) is 3.46. The molecule has 1 aliphatic carbocycles. The summed E-state index contributed by atoms with van der Waals surface area (Å²) in [6.07, 6.45) is 8.06. The molecule has 1 aliphatic heterocycles. The number of aldehydes is 1. The number of aryl methyl sites for hydroxylation is 1. The van der Waals surface area contributed by atoms with Crippen molar-refractivity contribution < 1.29 is 14.3 Å². The van der Waals surface area contributed by atoms with Gasteiger partial charge in [0.1, 0.15) is 12.1 Å². The summed E-state index contributed by atoms with van der Waals surface area (Å²) in [7, 11) is 1.42. The van der Waals surface area contributed by atoms with Crippen LogP contribution in [0, 0.1) is 5.92 Å². The molecule has 1 saturated carbocycles. The number of hydrogen-bond acceptors (Lipinski definition) is 5. The molecule has 186 valence electrons. The summed E-state index contributed by atoms with van der Waals surface area (Å²) in [5.41, 5.74) is 4.04. The van der Waals surface area contributed by atoms with Gasteiger partial charge in [0.15, 0.2) is 5.15 Å². The average molecular weight is 498 g/mol. The van der Waals surface area contributed by atoms with Gasteiger partial charge in [-0.1, -0.05) is 18.5 Å². The Hall–Kier alpha value is -2.87. The van der Waals surface area contributed by atoms with Crippen molar-refractivity contribution in [3.63, 3.8) is 0 Å². The van der Waals surface area contributed by atoms with Crippen LogP contribution in [0.4, 0.5) is 10.5 Å². The van der Waals surface area contributed by atoms with Gasteiger partial charge in [-0.15, -0.1) is 0 Å².